The van der Waals surface area contributed by atoms with Crippen LogP contribution >= 0.6 is 0 Å². The fourth-order valence-electron chi connectivity index (χ4n) is 1.65. The van der Waals surface area contributed by atoms with Crippen LogP contribution in [0.15, 0.2) is 42.5 Å². The molecule has 0 fully saturated rings. The molecule has 0 unspecified atom stereocenters. The quantitative estimate of drug-likeness (QED) is 0.897. The van der Waals surface area contributed by atoms with Gasteiger partial charge >= 0.3 is 0 Å². The number of hydrogen-bond donors (Lipinski definition) is 1. The van der Waals surface area contributed by atoms with E-state index in [1.54, 1.807) is 25.3 Å². The maximum absolute atomic E-state index is 9.36. The van der Waals surface area contributed by atoms with Crippen molar-refractivity contribution in [3.8, 4) is 17.2 Å². The molecule has 0 spiro atoms. The highest BCUT2D eigenvalue weighted by atomic mass is 16.5. The SMILES string of the molecule is COc1cc(O)ccc1COc1ccc(C)cc1. The van der Waals surface area contributed by atoms with E-state index >= 15 is 0 Å². The summed E-state index contributed by atoms with van der Waals surface area (Å²) in [6.07, 6.45) is 0. The minimum atomic E-state index is 0.186. The fourth-order valence-corrected chi connectivity index (χ4v) is 1.65. The van der Waals surface area contributed by atoms with Crippen molar-refractivity contribution in [2.75, 3.05) is 7.11 Å². The normalized spacial score (nSPS) is 10.1. The summed E-state index contributed by atoms with van der Waals surface area (Å²) in [5.74, 6) is 1.63. The number of phenols is 1. The van der Waals surface area contributed by atoms with Gasteiger partial charge in [0.15, 0.2) is 0 Å². The topological polar surface area (TPSA) is 38.7 Å². The predicted molar refractivity (Wildman–Crippen MR) is 70.2 cm³/mol. The molecule has 0 saturated heterocycles. The lowest BCUT2D eigenvalue weighted by Crippen LogP contribution is -1.98. The van der Waals surface area contributed by atoms with Crippen molar-refractivity contribution < 1.29 is 14.6 Å². The molecule has 0 saturated carbocycles. The summed E-state index contributed by atoms with van der Waals surface area (Å²) in [5.41, 5.74) is 2.10. The lowest BCUT2D eigenvalue weighted by molar-refractivity contribution is 0.296. The van der Waals surface area contributed by atoms with Gasteiger partial charge < -0.3 is 14.6 Å². The van der Waals surface area contributed by atoms with Gasteiger partial charge in [-0.3, -0.25) is 0 Å². The smallest absolute Gasteiger partial charge is 0.129 e. The van der Waals surface area contributed by atoms with Crippen LogP contribution in [0.25, 0.3) is 0 Å². The highest BCUT2D eigenvalue weighted by molar-refractivity contribution is 5.40. The first kappa shape index (κ1) is 12.3. The summed E-state index contributed by atoms with van der Waals surface area (Å²) in [6, 6.07) is 12.9. The molecule has 0 radical (unpaired) electrons. The minimum absolute atomic E-state index is 0.186. The number of ether oxygens (including phenoxy) is 2. The maximum Gasteiger partial charge on any atom is 0.129 e. The Bertz CT molecular complexity index is 518. The monoisotopic (exact) mass is 244 g/mol. The van der Waals surface area contributed by atoms with Crippen LogP contribution in [0.2, 0.25) is 0 Å². The first-order chi connectivity index (χ1) is 8.69. The molecule has 2 aromatic rings. The molecule has 0 amide bonds. The Morgan fingerprint density at radius 3 is 2.44 bits per heavy atom. The number of aromatic hydroxyl groups is 1. The summed E-state index contributed by atoms with van der Waals surface area (Å²) in [4.78, 5) is 0. The van der Waals surface area contributed by atoms with Gasteiger partial charge in [0, 0.05) is 11.6 Å². The zero-order chi connectivity index (χ0) is 13.0. The van der Waals surface area contributed by atoms with Crippen molar-refractivity contribution >= 4 is 0 Å². The molecule has 3 nitrogen and oxygen atoms in total. The molecular formula is C15H16O3. The number of methoxy groups -OCH3 is 1. The second-order valence-electron chi connectivity index (χ2n) is 4.10. The Morgan fingerprint density at radius 2 is 1.78 bits per heavy atom. The highest BCUT2D eigenvalue weighted by Gasteiger charge is 2.05. The molecule has 1 N–H and O–H groups in total. The molecule has 0 aliphatic heterocycles. The van der Waals surface area contributed by atoms with Crippen molar-refractivity contribution in [3.63, 3.8) is 0 Å². The molecule has 2 rings (SSSR count). The van der Waals surface area contributed by atoms with Crippen molar-refractivity contribution in [2.45, 2.75) is 13.5 Å². The molecule has 0 aliphatic carbocycles. The van der Waals surface area contributed by atoms with Crippen molar-refractivity contribution in [1.82, 2.24) is 0 Å². The summed E-state index contributed by atoms with van der Waals surface area (Å²) in [7, 11) is 1.57. The second-order valence-corrected chi connectivity index (χ2v) is 4.10. The van der Waals surface area contributed by atoms with E-state index in [1.165, 1.54) is 5.56 Å². The molecule has 0 aromatic heterocycles. The van der Waals surface area contributed by atoms with Gasteiger partial charge in [-0.1, -0.05) is 17.7 Å². The summed E-state index contributed by atoms with van der Waals surface area (Å²) >= 11 is 0. The highest BCUT2D eigenvalue weighted by Crippen LogP contribution is 2.25. The first-order valence-corrected chi connectivity index (χ1v) is 5.74. The van der Waals surface area contributed by atoms with E-state index in [-0.39, 0.29) is 5.75 Å². The van der Waals surface area contributed by atoms with Crippen LogP contribution in [0, 0.1) is 6.92 Å². The number of phenolic OH excluding ortho intramolecular Hbond substituents is 1. The van der Waals surface area contributed by atoms with Gasteiger partial charge in [-0.2, -0.15) is 0 Å². The Morgan fingerprint density at radius 1 is 1.06 bits per heavy atom. The van der Waals surface area contributed by atoms with Gasteiger partial charge in [-0.25, -0.2) is 0 Å². The van der Waals surface area contributed by atoms with Gasteiger partial charge in [0.1, 0.15) is 23.9 Å². The standard InChI is InChI=1S/C15H16O3/c1-11-3-7-14(8-4-11)18-10-12-5-6-13(16)9-15(12)17-2/h3-9,16H,10H2,1-2H3. The maximum atomic E-state index is 9.36. The molecule has 0 atom stereocenters. The van der Waals surface area contributed by atoms with Gasteiger partial charge in [0.25, 0.3) is 0 Å². The van der Waals surface area contributed by atoms with E-state index in [0.29, 0.717) is 12.4 Å². The average molecular weight is 244 g/mol. The van der Waals surface area contributed by atoms with Crippen molar-refractivity contribution in [3.05, 3.63) is 53.6 Å². The van der Waals surface area contributed by atoms with E-state index in [9.17, 15) is 5.11 Å². The number of benzene rings is 2. The van der Waals surface area contributed by atoms with Crippen LogP contribution in [-0.2, 0) is 6.61 Å². The lowest BCUT2D eigenvalue weighted by Gasteiger charge is -2.10. The summed E-state index contributed by atoms with van der Waals surface area (Å²) in [6.45, 7) is 2.44. The van der Waals surface area contributed by atoms with Gasteiger partial charge in [0.2, 0.25) is 0 Å². The van der Waals surface area contributed by atoms with E-state index in [4.69, 9.17) is 9.47 Å². The second kappa shape index (κ2) is 5.45. The molecule has 2 aromatic carbocycles. The number of rotatable bonds is 4. The molecule has 0 heterocycles. The Kier molecular flexibility index (Phi) is 3.72. The molecule has 94 valence electrons. The molecule has 0 aliphatic rings. The zero-order valence-corrected chi connectivity index (χ0v) is 10.5. The Hall–Kier alpha value is -2.16. The number of hydrogen-bond acceptors (Lipinski definition) is 3. The van der Waals surface area contributed by atoms with Crippen molar-refractivity contribution in [2.24, 2.45) is 0 Å². The third-order valence-corrected chi connectivity index (χ3v) is 2.69. The van der Waals surface area contributed by atoms with E-state index in [0.717, 1.165) is 11.3 Å². The first-order valence-electron chi connectivity index (χ1n) is 5.74. The van der Waals surface area contributed by atoms with Gasteiger partial charge in [-0.15, -0.1) is 0 Å². The van der Waals surface area contributed by atoms with Gasteiger partial charge in [0.05, 0.1) is 7.11 Å². The van der Waals surface area contributed by atoms with Crippen LogP contribution in [-0.4, -0.2) is 12.2 Å². The zero-order valence-electron chi connectivity index (χ0n) is 10.5. The van der Waals surface area contributed by atoms with E-state index in [1.807, 2.05) is 31.2 Å². The fraction of sp³-hybridized carbons (Fsp3) is 0.200. The third kappa shape index (κ3) is 2.94. The van der Waals surface area contributed by atoms with Crippen molar-refractivity contribution in [1.29, 1.82) is 0 Å². The molecule has 3 heteroatoms. The lowest BCUT2D eigenvalue weighted by atomic mass is 10.2. The minimum Gasteiger partial charge on any atom is -0.508 e. The van der Waals surface area contributed by atoms with Crippen LogP contribution in [0.1, 0.15) is 11.1 Å². The predicted octanol–water partition coefficient (Wildman–Crippen LogP) is 3.29. The number of aryl methyl sites for hydroxylation is 1. The van der Waals surface area contributed by atoms with E-state index in [2.05, 4.69) is 0 Å². The summed E-state index contributed by atoms with van der Waals surface area (Å²) in [5, 5.41) is 9.36. The molecule has 18 heavy (non-hydrogen) atoms. The van der Waals surface area contributed by atoms with E-state index < -0.39 is 0 Å². The third-order valence-electron chi connectivity index (χ3n) is 2.69. The Balaban J connectivity index is 2.08. The molecular weight excluding hydrogens is 228 g/mol. The Labute approximate surface area is 107 Å². The van der Waals surface area contributed by atoms with Crippen LogP contribution < -0.4 is 9.47 Å². The largest absolute Gasteiger partial charge is 0.508 e. The van der Waals surface area contributed by atoms with Crippen LogP contribution in [0.5, 0.6) is 17.2 Å². The average Bonchev–Trinajstić information content (AvgIpc) is 2.39. The summed E-state index contributed by atoms with van der Waals surface area (Å²) < 4.78 is 10.9. The molecule has 0 bridgehead atoms. The van der Waals surface area contributed by atoms with Crippen LogP contribution in [0.3, 0.4) is 0 Å². The van der Waals surface area contributed by atoms with Gasteiger partial charge in [-0.05, 0) is 31.2 Å². The van der Waals surface area contributed by atoms with Crippen LogP contribution in [0.4, 0.5) is 0 Å².